The number of sulfonamides is 1. The maximum Gasteiger partial charge on any atom is 0.270 e. The first-order chi connectivity index (χ1) is 9.79. The first kappa shape index (κ1) is 15.6. The zero-order chi connectivity index (χ0) is 15.6. The normalized spacial score (nSPS) is 11.1. The van der Waals surface area contributed by atoms with Crippen molar-refractivity contribution in [3.05, 3.63) is 50.3 Å². The average Bonchev–Trinajstić information content (AvgIpc) is 2.41. The highest BCUT2D eigenvalue weighted by molar-refractivity contribution is 9.10. The molecule has 8 nitrogen and oxygen atoms in total. The summed E-state index contributed by atoms with van der Waals surface area (Å²) in [6, 6.07) is 3.12. The molecule has 1 aromatic heterocycles. The van der Waals surface area contributed by atoms with E-state index >= 15 is 0 Å². The molecule has 1 N–H and O–H groups in total. The molecule has 0 saturated carbocycles. The van der Waals surface area contributed by atoms with Gasteiger partial charge in [0, 0.05) is 12.1 Å². The molecule has 0 bridgehead atoms. The lowest BCUT2D eigenvalue weighted by molar-refractivity contribution is -0.385. The van der Waals surface area contributed by atoms with E-state index in [9.17, 15) is 18.5 Å². The molecule has 0 aliphatic rings. The van der Waals surface area contributed by atoms with Crippen molar-refractivity contribution in [1.82, 2.24) is 9.97 Å². The molecule has 1 aromatic carbocycles. The Labute approximate surface area is 132 Å². The van der Waals surface area contributed by atoms with E-state index in [0.717, 1.165) is 18.2 Å². The second kappa shape index (κ2) is 5.92. The minimum atomic E-state index is -4.12. The Morgan fingerprint density at radius 2 is 2.00 bits per heavy atom. The van der Waals surface area contributed by atoms with E-state index in [1.165, 1.54) is 12.4 Å². The van der Waals surface area contributed by atoms with Gasteiger partial charge < -0.3 is 0 Å². The number of hydrogen-bond donors (Lipinski definition) is 1. The maximum atomic E-state index is 12.2. The van der Waals surface area contributed by atoms with Crippen molar-refractivity contribution in [2.45, 2.75) is 4.90 Å². The van der Waals surface area contributed by atoms with Crippen molar-refractivity contribution in [3.63, 3.8) is 0 Å². The SMILES string of the molecule is O=[N+]([O-])c1ccc(Cl)c(S(=O)(=O)Nc2cnc(Br)cn2)c1. The summed E-state index contributed by atoms with van der Waals surface area (Å²) < 4.78 is 26.9. The minimum Gasteiger partial charge on any atom is -0.262 e. The molecular weight excluding hydrogens is 388 g/mol. The number of nitro groups is 1. The second-order valence-electron chi connectivity index (χ2n) is 3.70. The molecule has 11 heteroatoms. The third-order valence-corrected chi connectivity index (χ3v) is 4.52. The number of aromatic nitrogens is 2. The van der Waals surface area contributed by atoms with Gasteiger partial charge in [-0.1, -0.05) is 11.6 Å². The first-order valence-corrected chi connectivity index (χ1v) is 7.89. The van der Waals surface area contributed by atoms with Crippen molar-refractivity contribution in [3.8, 4) is 0 Å². The van der Waals surface area contributed by atoms with Crippen molar-refractivity contribution >= 4 is 49.1 Å². The van der Waals surface area contributed by atoms with Crippen LogP contribution in [0.25, 0.3) is 0 Å². The highest BCUT2D eigenvalue weighted by atomic mass is 79.9. The quantitative estimate of drug-likeness (QED) is 0.630. The largest absolute Gasteiger partial charge is 0.270 e. The van der Waals surface area contributed by atoms with E-state index < -0.39 is 19.8 Å². The fourth-order valence-corrected chi connectivity index (χ4v) is 3.09. The Morgan fingerprint density at radius 3 is 2.57 bits per heavy atom. The lowest BCUT2D eigenvalue weighted by atomic mass is 10.3. The first-order valence-electron chi connectivity index (χ1n) is 5.24. The summed E-state index contributed by atoms with van der Waals surface area (Å²) in [6.45, 7) is 0. The summed E-state index contributed by atoms with van der Waals surface area (Å²) in [4.78, 5) is 17.2. The zero-order valence-electron chi connectivity index (χ0n) is 10.0. The molecule has 1 heterocycles. The number of benzene rings is 1. The molecule has 0 spiro atoms. The number of rotatable bonds is 4. The highest BCUT2D eigenvalue weighted by Gasteiger charge is 2.22. The maximum absolute atomic E-state index is 12.2. The molecule has 0 aliphatic carbocycles. The van der Waals surface area contributed by atoms with Crippen molar-refractivity contribution < 1.29 is 13.3 Å². The number of anilines is 1. The minimum absolute atomic E-state index is 0.0410. The van der Waals surface area contributed by atoms with Crippen LogP contribution < -0.4 is 4.72 Å². The standard InChI is InChI=1S/C10H6BrClN4O4S/c11-9-4-14-10(5-13-9)15-21(19,20)8-3-6(16(17)18)1-2-7(8)12/h1-5H,(H,14,15). The van der Waals surface area contributed by atoms with Gasteiger partial charge in [0.15, 0.2) is 5.82 Å². The van der Waals surface area contributed by atoms with E-state index in [4.69, 9.17) is 11.6 Å². The van der Waals surface area contributed by atoms with Crippen molar-refractivity contribution in [2.75, 3.05) is 4.72 Å². The Kier molecular flexibility index (Phi) is 4.40. The van der Waals surface area contributed by atoms with E-state index in [1.54, 1.807) is 0 Å². The molecule has 0 atom stereocenters. The predicted octanol–water partition coefficient (Wildman–Crippen LogP) is 2.60. The molecule has 0 amide bonds. The number of nitrogens with one attached hydrogen (secondary N) is 1. The summed E-state index contributed by atoms with van der Waals surface area (Å²) in [7, 11) is -4.12. The van der Waals surface area contributed by atoms with Crippen LogP contribution >= 0.6 is 27.5 Å². The predicted molar refractivity (Wildman–Crippen MR) is 78.6 cm³/mol. The van der Waals surface area contributed by atoms with Gasteiger partial charge in [-0.15, -0.1) is 0 Å². The van der Waals surface area contributed by atoms with Crippen molar-refractivity contribution in [2.24, 2.45) is 0 Å². The Hall–Kier alpha value is -1.78. The van der Waals surface area contributed by atoms with Gasteiger partial charge in [-0.3, -0.25) is 14.8 Å². The van der Waals surface area contributed by atoms with Crippen LogP contribution in [0.2, 0.25) is 5.02 Å². The monoisotopic (exact) mass is 392 g/mol. The lowest BCUT2D eigenvalue weighted by Crippen LogP contribution is -2.15. The highest BCUT2D eigenvalue weighted by Crippen LogP contribution is 2.27. The summed E-state index contributed by atoms with van der Waals surface area (Å²) in [5.74, 6) is -0.0410. The molecule has 0 aliphatic heterocycles. The number of non-ortho nitro benzene ring substituents is 1. The lowest BCUT2D eigenvalue weighted by Gasteiger charge is -2.08. The molecule has 0 fully saturated rings. The van der Waals surface area contributed by atoms with Gasteiger partial charge in [-0.05, 0) is 22.0 Å². The van der Waals surface area contributed by atoms with E-state index in [2.05, 4.69) is 30.6 Å². The van der Waals surface area contributed by atoms with Crippen LogP contribution in [0.1, 0.15) is 0 Å². The fourth-order valence-electron chi connectivity index (χ4n) is 1.37. The molecular formula is C10H6BrClN4O4S. The smallest absolute Gasteiger partial charge is 0.262 e. The van der Waals surface area contributed by atoms with Gasteiger partial charge in [0.1, 0.15) is 9.50 Å². The zero-order valence-corrected chi connectivity index (χ0v) is 13.2. The third-order valence-electron chi connectivity index (χ3n) is 2.27. The number of hydrogen-bond acceptors (Lipinski definition) is 6. The molecule has 110 valence electrons. The van der Waals surface area contributed by atoms with Crippen LogP contribution in [-0.4, -0.2) is 23.3 Å². The van der Waals surface area contributed by atoms with Gasteiger partial charge >= 0.3 is 0 Å². The van der Waals surface area contributed by atoms with E-state index in [1.807, 2.05) is 0 Å². The topological polar surface area (TPSA) is 115 Å². The third kappa shape index (κ3) is 3.65. The van der Waals surface area contributed by atoms with Crippen LogP contribution in [0.15, 0.2) is 40.1 Å². The Bertz CT molecular complexity index is 797. The van der Waals surface area contributed by atoms with Gasteiger partial charge in [0.25, 0.3) is 15.7 Å². The van der Waals surface area contributed by atoms with Gasteiger partial charge in [-0.2, -0.15) is 0 Å². The molecule has 21 heavy (non-hydrogen) atoms. The summed E-state index contributed by atoms with van der Waals surface area (Å²) in [5.41, 5.74) is -0.387. The Morgan fingerprint density at radius 1 is 1.29 bits per heavy atom. The fraction of sp³-hybridized carbons (Fsp3) is 0. The summed E-state index contributed by atoms with van der Waals surface area (Å²) >= 11 is 8.85. The number of halogens is 2. The van der Waals surface area contributed by atoms with Gasteiger partial charge in [0.2, 0.25) is 0 Å². The molecule has 2 aromatic rings. The van der Waals surface area contributed by atoms with Gasteiger partial charge in [0.05, 0.1) is 22.3 Å². The average molecular weight is 394 g/mol. The Balaban J connectivity index is 2.41. The number of nitro benzene ring substituents is 1. The summed E-state index contributed by atoms with van der Waals surface area (Å²) in [6.07, 6.45) is 2.49. The summed E-state index contributed by atoms with van der Waals surface area (Å²) in [5, 5.41) is 10.6. The molecule has 0 radical (unpaired) electrons. The molecule has 0 unspecified atom stereocenters. The van der Waals surface area contributed by atoms with Crippen LogP contribution in [0.5, 0.6) is 0 Å². The molecule has 0 saturated heterocycles. The van der Waals surface area contributed by atoms with Crippen LogP contribution in [0.4, 0.5) is 11.5 Å². The van der Waals surface area contributed by atoms with E-state index in [0.29, 0.717) is 4.60 Å². The molecule has 2 rings (SSSR count). The van der Waals surface area contributed by atoms with Gasteiger partial charge in [-0.25, -0.2) is 18.4 Å². The van der Waals surface area contributed by atoms with Crippen LogP contribution in [0, 0.1) is 10.1 Å². The van der Waals surface area contributed by atoms with Crippen LogP contribution in [-0.2, 0) is 10.0 Å². The number of nitrogens with zero attached hydrogens (tertiary/aromatic N) is 3. The van der Waals surface area contributed by atoms with Crippen LogP contribution in [0.3, 0.4) is 0 Å². The van der Waals surface area contributed by atoms with Crippen molar-refractivity contribution in [1.29, 1.82) is 0 Å². The second-order valence-corrected chi connectivity index (χ2v) is 6.57. The van der Waals surface area contributed by atoms with E-state index in [-0.39, 0.29) is 16.5 Å².